The van der Waals surface area contributed by atoms with Crippen LogP contribution in [0.5, 0.6) is 23.0 Å². The first-order chi connectivity index (χ1) is 32.0. The Morgan fingerprint density at radius 2 is 0.742 bits per heavy atom. The summed E-state index contributed by atoms with van der Waals surface area (Å²) in [5.41, 5.74) is 1.25. The second kappa shape index (κ2) is 16.7. The molecule has 4 aliphatic heterocycles. The Kier molecular flexibility index (Phi) is 10.9. The summed E-state index contributed by atoms with van der Waals surface area (Å²) in [5.74, 6) is -0.0579. The second-order valence-corrected chi connectivity index (χ2v) is 19.4. The van der Waals surface area contributed by atoms with E-state index in [4.69, 9.17) is 65.4 Å². The van der Waals surface area contributed by atoms with E-state index in [1.807, 2.05) is 0 Å². The van der Waals surface area contributed by atoms with E-state index >= 15 is 0 Å². The number of carbonyl (C=O) groups is 4. The zero-order valence-electron chi connectivity index (χ0n) is 36.1. The maximum absolute atomic E-state index is 14.7. The van der Waals surface area contributed by atoms with E-state index < -0.39 is 23.6 Å². The van der Waals surface area contributed by atoms with Gasteiger partial charge < -0.3 is 18.9 Å². The quantitative estimate of drug-likeness (QED) is 0.0577. The summed E-state index contributed by atoms with van der Waals surface area (Å²) in [7, 11) is 0. The summed E-state index contributed by atoms with van der Waals surface area (Å²) in [4.78, 5) is 61.0. The minimum absolute atomic E-state index is 0.140. The van der Waals surface area contributed by atoms with Gasteiger partial charge in [0.2, 0.25) is 0 Å². The highest BCUT2D eigenvalue weighted by atomic mass is 35.5. The van der Waals surface area contributed by atoms with Crippen molar-refractivity contribution in [3.05, 3.63) is 103 Å². The average Bonchev–Trinajstić information content (AvgIpc) is 3.64. The topological polar surface area (TPSA) is 112 Å². The van der Waals surface area contributed by atoms with Crippen LogP contribution in [-0.4, -0.2) is 50.1 Å². The lowest BCUT2D eigenvalue weighted by molar-refractivity contribution is 0.0877. The molecule has 0 N–H and O–H groups in total. The molecule has 14 heteroatoms. The third-order valence-electron chi connectivity index (χ3n) is 13.6. The van der Waals surface area contributed by atoms with Crippen molar-refractivity contribution < 1.29 is 38.1 Å². The van der Waals surface area contributed by atoms with Crippen molar-refractivity contribution in [1.29, 1.82) is 0 Å². The first-order valence-electron chi connectivity index (χ1n) is 22.5. The molecule has 4 amide bonds. The van der Waals surface area contributed by atoms with Crippen molar-refractivity contribution in [3.63, 3.8) is 0 Å². The van der Waals surface area contributed by atoms with E-state index in [-0.39, 0.29) is 54.2 Å². The number of anilines is 2. The van der Waals surface area contributed by atoms with E-state index in [9.17, 15) is 19.2 Å². The molecule has 2 unspecified atom stereocenters. The van der Waals surface area contributed by atoms with Crippen molar-refractivity contribution in [1.82, 2.24) is 0 Å². The predicted octanol–water partition coefficient (Wildman–Crippen LogP) is 13.9. The number of amides is 4. The Morgan fingerprint density at radius 1 is 0.424 bits per heavy atom. The third kappa shape index (κ3) is 6.65. The number of halogens is 4. The third-order valence-corrected chi connectivity index (χ3v) is 14.7. The van der Waals surface area contributed by atoms with Gasteiger partial charge in [0.05, 0.1) is 60.1 Å². The molecule has 7 aromatic carbocycles. The second-order valence-electron chi connectivity index (χ2n) is 17.7. The fourth-order valence-electron chi connectivity index (χ4n) is 10.3. The van der Waals surface area contributed by atoms with Gasteiger partial charge in [-0.3, -0.25) is 19.2 Å². The molecule has 11 rings (SSSR count). The van der Waals surface area contributed by atoms with Crippen LogP contribution in [0.15, 0.2) is 60.7 Å². The van der Waals surface area contributed by atoms with E-state index in [2.05, 4.69) is 13.8 Å². The van der Waals surface area contributed by atoms with Crippen molar-refractivity contribution in [2.24, 2.45) is 11.8 Å². The molecule has 0 bridgehead atoms. The Balaban J connectivity index is 1.01. The number of hydrogen-bond donors (Lipinski definition) is 0. The minimum Gasteiger partial charge on any atom is -0.489 e. The van der Waals surface area contributed by atoms with Crippen LogP contribution in [0.4, 0.5) is 11.4 Å². The molecule has 4 aliphatic rings. The highest BCUT2D eigenvalue weighted by molar-refractivity contribution is 6.57. The van der Waals surface area contributed by atoms with Gasteiger partial charge in [-0.15, -0.1) is 0 Å². The fourth-order valence-corrected chi connectivity index (χ4v) is 11.5. The summed E-state index contributed by atoms with van der Waals surface area (Å²) in [6, 6.07) is 16.2. The number of unbranched alkanes of at least 4 members (excludes halogenated alkanes) is 4. The predicted molar refractivity (Wildman–Crippen MR) is 260 cm³/mol. The lowest BCUT2D eigenvalue weighted by atomic mass is 9.82. The molecule has 0 aromatic heterocycles. The smallest absolute Gasteiger partial charge is 0.266 e. The van der Waals surface area contributed by atoms with Crippen LogP contribution >= 0.6 is 46.4 Å². The van der Waals surface area contributed by atoms with Crippen molar-refractivity contribution in [3.8, 4) is 23.0 Å². The van der Waals surface area contributed by atoms with Gasteiger partial charge in [-0.2, -0.15) is 0 Å². The van der Waals surface area contributed by atoms with Crippen LogP contribution in [-0.2, 0) is 0 Å². The summed E-state index contributed by atoms with van der Waals surface area (Å²) >= 11 is 29.0. The first-order valence-corrected chi connectivity index (χ1v) is 24.0. The highest BCUT2D eigenvalue weighted by Crippen LogP contribution is 2.54. The van der Waals surface area contributed by atoms with E-state index in [1.165, 1.54) is 24.3 Å². The molecule has 2 atom stereocenters. The standard InChI is InChI=1S/C52H42Cl4N2O8/c1-3-5-7-9-25-21-63-37-13-11-27(15-39(37)65-23-25)57-49(59)29-17-33(53)43-45-35(55)19-31-42-32(20-36(56)46(48(42)45)44-34(54)18-30(50(57)60)41(29)47(43)44)52(62)58(51(31)61)28-12-14-38-40(16-28)66-24-26(22-64-38)10-8-6-4-2/h11-20,25-26H,3-10,21-24H2,1-2H3. The van der Waals surface area contributed by atoms with Gasteiger partial charge in [-0.25, -0.2) is 9.80 Å². The maximum Gasteiger partial charge on any atom is 0.266 e. The number of ether oxygens (including phenoxy) is 4. The number of nitrogens with zero attached hydrogens (tertiary/aromatic N) is 2. The molecule has 10 nitrogen and oxygen atoms in total. The molecule has 0 fully saturated rings. The van der Waals surface area contributed by atoms with Crippen LogP contribution in [0, 0.1) is 11.8 Å². The molecule has 4 heterocycles. The van der Waals surface area contributed by atoms with Crippen molar-refractivity contribution >= 4 is 124 Å². The fraction of sp³-hybridized carbons (Fsp3) is 0.308. The van der Waals surface area contributed by atoms with Crippen LogP contribution in [0.1, 0.15) is 107 Å². The van der Waals surface area contributed by atoms with Crippen LogP contribution in [0.2, 0.25) is 20.1 Å². The Labute approximate surface area is 399 Å². The molecule has 66 heavy (non-hydrogen) atoms. The summed E-state index contributed by atoms with van der Waals surface area (Å²) in [5, 5.41) is 3.60. The Bertz CT molecular complexity index is 2910. The molecule has 0 radical (unpaired) electrons. The monoisotopic (exact) mass is 962 g/mol. The molecule has 0 spiro atoms. The van der Waals surface area contributed by atoms with Gasteiger partial charge in [0, 0.05) is 87.1 Å². The van der Waals surface area contributed by atoms with Gasteiger partial charge in [-0.05, 0) is 61.4 Å². The van der Waals surface area contributed by atoms with Gasteiger partial charge in [-0.1, -0.05) is 98.8 Å². The number of hydrogen-bond acceptors (Lipinski definition) is 8. The number of rotatable bonds is 10. The van der Waals surface area contributed by atoms with Gasteiger partial charge >= 0.3 is 0 Å². The molecule has 0 saturated carbocycles. The number of carbonyl (C=O) groups excluding carboxylic acids is 4. The minimum atomic E-state index is -0.604. The Morgan fingerprint density at radius 3 is 1.06 bits per heavy atom. The zero-order valence-corrected chi connectivity index (χ0v) is 39.1. The molecule has 0 saturated heterocycles. The normalized spacial score (nSPS) is 18.0. The Hall–Kier alpha value is -5.52. The van der Waals surface area contributed by atoms with E-state index in [1.54, 1.807) is 36.4 Å². The van der Waals surface area contributed by atoms with Crippen molar-refractivity contribution in [2.75, 3.05) is 36.2 Å². The first kappa shape index (κ1) is 43.1. The van der Waals surface area contributed by atoms with Crippen LogP contribution in [0.3, 0.4) is 0 Å². The number of benzene rings is 7. The van der Waals surface area contributed by atoms with E-state index in [0.29, 0.717) is 104 Å². The van der Waals surface area contributed by atoms with Crippen molar-refractivity contribution in [2.45, 2.75) is 65.2 Å². The number of fused-ring (bicyclic) bond motifs is 4. The SMILES string of the molecule is CCCCCC1COc2ccc(N3C(=O)c4cc(Cl)c5c6c(Cl)cc7c8c(cc(Cl)c(c9c(Cl)cc(c4c59)C3=O)c86)C(=O)N(c3ccc4c(c3)OCC(CCCCC)CO4)C7=O)cc2OC1. The van der Waals surface area contributed by atoms with Gasteiger partial charge in [0.25, 0.3) is 23.6 Å². The van der Waals surface area contributed by atoms with E-state index in [0.717, 1.165) is 61.2 Å². The van der Waals surface area contributed by atoms with Gasteiger partial charge in [0.1, 0.15) is 0 Å². The lowest BCUT2D eigenvalue weighted by Crippen LogP contribution is -2.40. The molecule has 7 aromatic rings. The summed E-state index contributed by atoms with van der Waals surface area (Å²) in [6.07, 6.45) is 8.59. The zero-order chi connectivity index (χ0) is 45.7. The molecule has 0 aliphatic carbocycles. The largest absolute Gasteiger partial charge is 0.489 e. The molecule has 336 valence electrons. The van der Waals surface area contributed by atoms with Gasteiger partial charge in [0.15, 0.2) is 23.0 Å². The van der Waals surface area contributed by atoms with Crippen LogP contribution in [0.25, 0.3) is 43.1 Å². The maximum atomic E-state index is 14.7. The average molecular weight is 965 g/mol. The van der Waals surface area contributed by atoms with Crippen LogP contribution < -0.4 is 28.7 Å². The molecular formula is C52H42Cl4N2O8. The highest BCUT2D eigenvalue weighted by Gasteiger charge is 2.41. The molecular weight excluding hydrogens is 922 g/mol. The summed E-state index contributed by atoms with van der Waals surface area (Å²) < 4.78 is 24.7. The number of imide groups is 2. The lowest BCUT2D eigenvalue weighted by Gasteiger charge is -2.31. The summed E-state index contributed by atoms with van der Waals surface area (Å²) in [6.45, 7) is 6.24.